The van der Waals surface area contributed by atoms with Crippen LogP contribution in [0.3, 0.4) is 0 Å². The van der Waals surface area contributed by atoms with E-state index in [9.17, 15) is 4.21 Å². The van der Waals surface area contributed by atoms with E-state index in [1.807, 2.05) is 42.6 Å². The first-order valence-electron chi connectivity index (χ1n) is 8.24. The highest BCUT2D eigenvalue weighted by atomic mass is 32.2. The van der Waals surface area contributed by atoms with Gasteiger partial charge in [0.05, 0.1) is 15.7 Å². The van der Waals surface area contributed by atoms with Crippen LogP contribution in [-0.4, -0.2) is 47.3 Å². The van der Waals surface area contributed by atoms with Gasteiger partial charge < -0.3 is 14.8 Å². The number of anilines is 1. The van der Waals surface area contributed by atoms with Crippen molar-refractivity contribution in [3.8, 4) is 0 Å². The van der Waals surface area contributed by atoms with Crippen molar-refractivity contribution in [2.24, 2.45) is 0 Å². The van der Waals surface area contributed by atoms with Gasteiger partial charge in [0.15, 0.2) is 0 Å². The molecule has 0 aliphatic carbocycles. The van der Waals surface area contributed by atoms with Crippen molar-refractivity contribution >= 4 is 27.4 Å². The maximum absolute atomic E-state index is 12.9. The number of hydrogen-bond donors (Lipinski definition) is 1. The van der Waals surface area contributed by atoms with Crippen molar-refractivity contribution < 1.29 is 4.21 Å². The van der Waals surface area contributed by atoms with E-state index in [0.29, 0.717) is 0 Å². The Morgan fingerprint density at radius 3 is 2.42 bits per heavy atom. The third-order valence-electron chi connectivity index (χ3n) is 4.67. The molecule has 0 saturated carbocycles. The number of nitrogens with one attached hydrogen (secondary N) is 1. The molecule has 1 saturated heterocycles. The Hall–Kier alpha value is -2.11. The van der Waals surface area contributed by atoms with Crippen LogP contribution in [0, 0.1) is 0 Å². The molecule has 124 valence electrons. The number of aromatic nitrogens is 1. The van der Waals surface area contributed by atoms with Gasteiger partial charge in [0.25, 0.3) is 0 Å². The number of likely N-dealkylation sites (N-methyl/N-ethyl adjacent to an activating group) is 1. The fourth-order valence-electron chi connectivity index (χ4n) is 3.17. The zero-order valence-corrected chi connectivity index (χ0v) is 14.6. The zero-order chi connectivity index (χ0) is 16.5. The number of fused-ring (bicyclic) bond motifs is 1. The van der Waals surface area contributed by atoms with E-state index in [2.05, 4.69) is 34.0 Å². The summed E-state index contributed by atoms with van der Waals surface area (Å²) in [5, 5.41) is 1.03. The Bertz CT molecular complexity index is 864. The lowest BCUT2D eigenvalue weighted by atomic mass is 10.2. The van der Waals surface area contributed by atoms with E-state index in [1.54, 1.807) is 0 Å². The first kappa shape index (κ1) is 15.4. The highest BCUT2D eigenvalue weighted by Gasteiger charge is 2.16. The molecule has 0 radical (unpaired) electrons. The van der Waals surface area contributed by atoms with Crippen LogP contribution in [0.15, 0.2) is 64.5 Å². The normalized spacial score (nSPS) is 17.3. The van der Waals surface area contributed by atoms with Gasteiger partial charge >= 0.3 is 0 Å². The molecular formula is C19H21N3OS. The topological polar surface area (TPSA) is 39.3 Å². The fraction of sp³-hybridized carbons (Fsp3) is 0.263. The van der Waals surface area contributed by atoms with Crippen LogP contribution in [0.25, 0.3) is 10.9 Å². The summed E-state index contributed by atoms with van der Waals surface area (Å²) in [4.78, 5) is 9.62. The summed E-state index contributed by atoms with van der Waals surface area (Å²) in [7, 11) is 0.990. The number of rotatable bonds is 3. The van der Waals surface area contributed by atoms with Crippen molar-refractivity contribution in [3.63, 3.8) is 0 Å². The molecule has 1 aliphatic rings. The molecule has 4 nitrogen and oxygen atoms in total. The zero-order valence-electron chi connectivity index (χ0n) is 13.7. The second-order valence-electron chi connectivity index (χ2n) is 6.25. The summed E-state index contributed by atoms with van der Waals surface area (Å²) in [6.07, 6.45) is 1.86. The highest BCUT2D eigenvalue weighted by molar-refractivity contribution is 7.85. The molecule has 1 aromatic heterocycles. The minimum Gasteiger partial charge on any atom is -0.369 e. The largest absolute Gasteiger partial charge is 0.369 e. The van der Waals surface area contributed by atoms with Crippen LogP contribution in [0.2, 0.25) is 0 Å². The average Bonchev–Trinajstić information content (AvgIpc) is 3.06. The van der Waals surface area contributed by atoms with Gasteiger partial charge in [-0.15, -0.1) is 0 Å². The molecule has 1 atom stereocenters. The molecule has 1 N–H and O–H groups in total. The smallest absolute Gasteiger partial charge is 0.0871 e. The molecule has 1 aliphatic heterocycles. The Morgan fingerprint density at radius 2 is 1.67 bits per heavy atom. The Morgan fingerprint density at radius 1 is 0.958 bits per heavy atom. The molecule has 1 fully saturated rings. The maximum atomic E-state index is 12.9. The van der Waals surface area contributed by atoms with Crippen LogP contribution in [-0.2, 0) is 10.8 Å². The summed E-state index contributed by atoms with van der Waals surface area (Å²) in [5.41, 5.74) is 2.23. The number of H-pyrrole nitrogens is 1. The molecule has 0 bridgehead atoms. The minimum absolute atomic E-state index is 0.845. The van der Waals surface area contributed by atoms with Crippen molar-refractivity contribution in [1.82, 2.24) is 9.88 Å². The number of para-hydroxylation sites is 1. The van der Waals surface area contributed by atoms with Gasteiger partial charge in [-0.1, -0.05) is 18.2 Å². The number of piperazine rings is 1. The van der Waals surface area contributed by atoms with Crippen LogP contribution < -0.4 is 4.90 Å². The third kappa shape index (κ3) is 2.85. The molecule has 5 heteroatoms. The number of aromatic amines is 1. The van der Waals surface area contributed by atoms with Crippen molar-refractivity contribution in [2.45, 2.75) is 9.79 Å². The van der Waals surface area contributed by atoms with Gasteiger partial charge in [-0.3, -0.25) is 0 Å². The SMILES string of the molecule is CN1CCN(c2ccc(S(=O)c3c[nH]c4ccccc34)cc2)CC1. The highest BCUT2D eigenvalue weighted by Crippen LogP contribution is 2.26. The number of benzene rings is 2. The summed E-state index contributed by atoms with van der Waals surface area (Å²) < 4.78 is 12.9. The average molecular weight is 339 g/mol. The van der Waals surface area contributed by atoms with Gasteiger partial charge in [-0.25, -0.2) is 4.21 Å². The fourth-order valence-corrected chi connectivity index (χ4v) is 4.35. The van der Waals surface area contributed by atoms with E-state index in [0.717, 1.165) is 46.9 Å². The minimum atomic E-state index is -1.17. The van der Waals surface area contributed by atoms with Crippen LogP contribution in [0.5, 0.6) is 0 Å². The van der Waals surface area contributed by atoms with E-state index in [4.69, 9.17) is 0 Å². The van der Waals surface area contributed by atoms with Crippen molar-refractivity contribution in [3.05, 3.63) is 54.7 Å². The molecule has 0 amide bonds. The Labute approximate surface area is 144 Å². The quantitative estimate of drug-likeness (QED) is 0.797. The molecule has 2 heterocycles. The Balaban J connectivity index is 1.57. The molecule has 2 aromatic carbocycles. The summed E-state index contributed by atoms with van der Waals surface area (Å²) in [5.74, 6) is 0. The molecule has 4 rings (SSSR count). The van der Waals surface area contributed by atoms with Crippen molar-refractivity contribution in [1.29, 1.82) is 0 Å². The van der Waals surface area contributed by atoms with E-state index < -0.39 is 10.8 Å². The van der Waals surface area contributed by atoms with Crippen LogP contribution in [0.4, 0.5) is 5.69 Å². The second-order valence-corrected chi connectivity index (χ2v) is 7.70. The number of nitrogens with zero attached hydrogens (tertiary/aromatic N) is 2. The molecule has 0 spiro atoms. The summed E-state index contributed by atoms with van der Waals surface area (Å²) in [6.45, 7) is 4.26. The van der Waals surface area contributed by atoms with Gasteiger partial charge in [0.2, 0.25) is 0 Å². The first-order valence-corrected chi connectivity index (χ1v) is 9.39. The predicted octanol–water partition coefficient (Wildman–Crippen LogP) is 3.09. The monoisotopic (exact) mass is 339 g/mol. The van der Waals surface area contributed by atoms with Gasteiger partial charge in [-0.05, 0) is 37.4 Å². The van der Waals surface area contributed by atoms with Crippen molar-refractivity contribution in [2.75, 3.05) is 38.1 Å². The standard InChI is InChI=1S/C19H21N3OS/c1-21-10-12-22(13-11-21)15-6-8-16(9-7-15)24(23)19-14-20-18-5-3-2-4-17(18)19/h2-9,14,20H,10-13H2,1H3. The first-order chi connectivity index (χ1) is 11.7. The molecule has 1 unspecified atom stereocenters. The second kappa shape index (κ2) is 6.42. The van der Waals surface area contributed by atoms with Crippen LogP contribution in [0.1, 0.15) is 0 Å². The number of hydrogen-bond acceptors (Lipinski definition) is 3. The molecule has 3 aromatic rings. The maximum Gasteiger partial charge on any atom is 0.0871 e. The van der Waals surface area contributed by atoms with Gasteiger partial charge in [0, 0.05) is 53.9 Å². The van der Waals surface area contributed by atoms with Gasteiger partial charge in [0.1, 0.15) is 0 Å². The third-order valence-corrected chi connectivity index (χ3v) is 6.11. The van der Waals surface area contributed by atoms with Crippen LogP contribution >= 0.6 is 0 Å². The van der Waals surface area contributed by atoms with E-state index >= 15 is 0 Å². The lowest BCUT2D eigenvalue weighted by molar-refractivity contribution is 0.313. The molecule has 24 heavy (non-hydrogen) atoms. The van der Waals surface area contributed by atoms with E-state index in [1.165, 1.54) is 5.69 Å². The summed E-state index contributed by atoms with van der Waals surface area (Å²) in [6, 6.07) is 16.1. The lowest BCUT2D eigenvalue weighted by Crippen LogP contribution is -2.44. The summed E-state index contributed by atoms with van der Waals surface area (Å²) >= 11 is 0. The Kier molecular flexibility index (Phi) is 4.12. The van der Waals surface area contributed by atoms with Gasteiger partial charge in [-0.2, -0.15) is 0 Å². The molecular weight excluding hydrogens is 318 g/mol. The predicted molar refractivity (Wildman–Crippen MR) is 99.1 cm³/mol. The lowest BCUT2D eigenvalue weighted by Gasteiger charge is -2.34. The van der Waals surface area contributed by atoms with E-state index in [-0.39, 0.29) is 0 Å².